The zero-order valence-electron chi connectivity index (χ0n) is 26.9. The third-order valence-electron chi connectivity index (χ3n) is 9.02. The fourth-order valence-electron chi connectivity index (χ4n) is 6.52. The zero-order valence-corrected chi connectivity index (χ0v) is 26.9. The molecule has 0 unspecified atom stereocenters. The molecule has 2 N–H and O–H groups in total. The van der Waals surface area contributed by atoms with Gasteiger partial charge in [0.05, 0.1) is 61.8 Å². The number of anilines is 4. The van der Waals surface area contributed by atoms with Crippen molar-refractivity contribution in [3.8, 4) is 0 Å². The molecule has 3 fully saturated rings. The lowest BCUT2D eigenvalue weighted by atomic mass is 9.78. The number of pyridine rings is 2. The number of hydrogen-bond donors (Lipinski definition) is 2. The lowest BCUT2D eigenvalue weighted by molar-refractivity contribution is -0.116. The van der Waals surface area contributed by atoms with E-state index in [1.54, 1.807) is 48.5 Å². The maximum atomic E-state index is 13.2. The Morgan fingerprint density at radius 3 is 1.46 bits per heavy atom. The maximum Gasteiger partial charge on any atom is 0.282 e. The first-order valence-electron chi connectivity index (χ1n) is 16.4. The first-order chi connectivity index (χ1) is 24.0. The number of aromatic nitrogens is 6. The summed E-state index contributed by atoms with van der Waals surface area (Å²) in [4.78, 5) is 36.9. The van der Waals surface area contributed by atoms with Gasteiger partial charge in [0.2, 0.25) is 11.8 Å². The second-order valence-electron chi connectivity index (χ2n) is 13.1. The van der Waals surface area contributed by atoms with Crippen LogP contribution < -0.4 is 20.4 Å². The molecule has 12 nitrogen and oxygen atoms in total. The van der Waals surface area contributed by atoms with Gasteiger partial charge in [0.25, 0.3) is 11.8 Å². The molecule has 7 rings (SSSR count). The highest BCUT2D eigenvalue weighted by atomic mass is 19.3. The summed E-state index contributed by atoms with van der Waals surface area (Å²) in [5.41, 5.74) is 2.55. The number of halogens is 4. The topological polar surface area (TPSA) is 142 Å². The zero-order chi connectivity index (χ0) is 34.9. The maximum absolute atomic E-state index is 13.2. The third kappa shape index (κ3) is 7.95. The van der Waals surface area contributed by atoms with Crippen LogP contribution in [0.15, 0.2) is 60.7 Å². The molecule has 0 bridgehead atoms. The van der Waals surface area contributed by atoms with Crippen molar-refractivity contribution in [1.82, 2.24) is 30.4 Å². The van der Waals surface area contributed by atoms with Gasteiger partial charge in [-0.2, -0.15) is 10.2 Å². The van der Waals surface area contributed by atoms with Crippen LogP contribution >= 0.6 is 0 Å². The van der Waals surface area contributed by atoms with E-state index in [0.717, 1.165) is 37.1 Å². The molecule has 1 saturated carbocycles. The minimum Gasteiger partial charge on any atom is -0.344 e. The van der Waals surface area contributed by atoms with Crippen molar-refractivity contribution in [1.29, 1.82) is 0 Å². The van der Waals surface area contributed by atoms with Gasteiger partial charge in [-0.25, -0.2) is 27.5 Å². The fourth-order valence-corrected chi connectivity index (χ4v) is 6.52. The van der Waals surface area contributed by atoms with Crippen molar-refractivity contribution in [2.24, 2.45) is 0 Å². The van der Waals surface area contributed by atoms with Crippen LogP contribution in [-0.2, 0) is 22.4 Å². The van der Waals surface area contributed by atoms with Crippen molar-refractivity contribution in [2.45, 2.75) is 62.2 Å². The first-order valence-corrected chi connectivity index (χ1v) is 16.4. The Bertz CT molecular complexity index is 1710. The molecule has 6 heterocycles. The van der Waals surface area contributed by atoms with E-state index in [4.69, 9.17) is 0 Å². The summed E-state index contributed by atoms with van der Waals surface area (Å²) < 4.78 is 53.0. The quantitative estimate of drug-likeness (QED) is 0.224. The van der Waals surface area contributed by atoms with Crippen LogP contribution in [0.3, 0.4) is 0 Å². The number of hydrogen-bond acceptors (Lipinski definition) is 10. The summed E-state index contributed by atoms with van der Waals surface area (Å²) in [5, 5.41) is 22.7. The number of nitrogens with zero attached hydrogens (tertiary/aromatic N) is 8. The summed E-state index contributed by atoms with van der Waals surface area (Å²) in [6, 6.07) is 17.1. The van der Waals surface area contributed by atoms with Gasteiger partial charge >= 0.3 is 0 Å². The molecule has 0 aromatic carbocycles. The Hall–Kier alpha value is -5.28. The smallest absolute Gasteiger partial charge is 0.282 e. The molecule has 260 valence electrons. The average Bonchev–Trinajstić information content (AvgIpc) is 3.07. The molecule has 4 aromatic heterocycles. The molecule has 0 spiro atoms. The number of nitrogens with one attached hydrogen (secondary N) is 2. The highest BCUT2D eigenvalue weighted by Crippen LogP contribution is 2.40. The standard InChI is InChI=1S/C34H34F4N10O2/c35-33(36)17-47(18-33)29-8-2-6-23(39-29)15-31(49)41-27-12-10-25(43-45-27)21-4-1-5-22(14-21)26-11-13-28(46-44-26)42-32(50)16-24-7-3-9-30(40-24)48-19-34(37,38)20-48/h2-3,6-13,21-22H,1,4-5,14-20H2,(H,41,45,49)(H,42,46,50)/t21-,22+. The molecule has 1 aliphatic carbocycles. The molecule has 3 aliphatic rings. The Balaban J connectivity index is 0.887. The molecule has 0 radical (unpaired) electrons. The second-order valence-corrected chi connectivity index (χ2v) is 13.1. The van der Waals surface area contributed by atoms with Gasteiger partial charge in [-0.05, 0) is 67.8 Å². The van der Waals surface area contributed by atoms with Crippen LogP contribution in [0.2, 0.25) is 0 Å². The van der Waals surface area contributed by atoms with E-state index in [1.807, 2.05) is 12.1 Å². The molecular formula is C34H34F4N10O2. The normalized spacial score (nSPS) is 20.7. The second kappa shape index (κ2) is 13.6. The number of amides is 2. The predicted molar refractivity (Wildman–Crippen MR) is 175 cm³/mol. The summed E-state index contributed by atoms with van der Waals surface area (Å²) in [7, 11) is 0. The van der Waals surface area contributed by atoms with Crippen LogP contribution in [0.4, 0.5) is 40.8 Å². The van der Waals surface area contributed by atoms with Crippen molar-refractivity contribution in [2.75, 3.05) is 46.6 Å². The monoisotopic (exact) mass is 690 g/mol. The number of carbonyl (C=O) groups excluding carboxylic acids is 2. The van der Waals surface area contributed by atoms with Gasteiger partial charge in [-0.1, -0.05) is 18.6 Å². The van der Waals surface area contributed by atoms with Crippen LogP contribution in [0.1, 0.15) is 60.3 Å². The SMILES string of the molecule is O=C(Cc1cccc(N2CC(F)(F)C2)n1)Nc1ccc([C@@H]2CCC[C@H](c3ccc(NC(=O)Cc4cccc(N5CC(F)(F)C5)n4)nn3)C2)nn1. The van der Waals surface area contributed by atoms with Gasteiger partial charge in [0.1, 0.15) is 11.6 Å². The molecule has 2 aliphatic heterocycles. The van der Waals surface area contributed by atoms with Gasteiger partial charge in [0, 0.05) is 11.8 Å². The molecular weight excluding hydrogens is 656 g/mol. The predicted octanol–water partition coefficient (Wildman–Crippen LogP) is 4.77. The van der Waals surface area contributed by atoms with Crippen LogP contribution in [-0.4, -0.2) is 80.2 Å². The van der Waals surface area contributed by atoms with E-state index in [1.165, 1.54) is 9.80 Å². The van der Waals surface area contributed by atoms with E-state index in [9.17, 15) is 27.2 Å². The largest absolute Gasteiger partial charge is 0.344 e. The summed E-state index contributed by atoms with van der Waals surface area (Å²) in [5.74, 6) is -4.39. The Labute approximate surface area is 284 Å². The number of rotatable bonds is 10. The fraction of sp³-hybridized carbons (Fsp3) is 0.412. The summed E-state index contributed by atoms with van der Waals surface area (Å²) >= 11 is 0. The van der Waals surface area contributed by atoms with E-state index in [-0.39, 0.29) is 62.7 Å². The van der Waals surface area contributed by atoms with Gasteiger partial charge in [-0.3, -0.25) is 9.59 Å². The highest BCUT2D eigenvalue weighted by Gasteiger charge is 2.45. The Kier molecular flexibility index (Phi) is 9.01. The average molecular weight is 691 g/mol. The first kappa shape index (κ1) is 33.2. The summed E-state index contributed by atoms with van der Waals surface area (Å²) in [6.45, 7) is -1.54. The molecule has 2 amide bonds. The van der Waals surface area contributed by atoms with E-state index < -0.39 is 11.8 Å². The van der Waals surface area contributed by atoms with Gasteiger partial charge in [-0.15, -0.1) is 10.2 Å². The summed E-state index contributed by atoms with van der Waals surface area (Å²) in [6.07, 6.45) is 3.53. The Morgan fingerprint density at radius 1 is 0.640 bits per heavy atom. The molecule has 2 saturated heterocycles. The van der Waals surface area contributed by atoms with Crippen LogP contribution in [0.25, 0.3) is 0 Å². The van der Waals surface area contributed by atoms with Crippen molar-refractivity contribution in [3.05, 3.63) is 83.4 Å². The minimum atomic E-state index is -2.71. The lowest BCUT2D eigenvalue weighted by Gasteiger charge is -2.39. The van der Waals surface area contributed by atoms with Gasteiger partial charge < -0.3 is 20.4 Å². The molecule has 16 heteroatoms. The molecule has 50 heavy (non-hydrogen) atoms. The molecule has 2 atom stereocenters. The third-order valence-corrected chi connectivity index (χ3v) is 9.02. The lowest BCUT2D eigenvalue weighted by Crippen LogP contribution is -2.56. The van der Waals surface area contributed by atoms with E-state index >= 15 is 0 Å². The van der Waals surface area contributed by atoms with E-state index in [0.29, 0.717) is 34.7 Å². The van der Waals surface area contributed by atoms with E-state index in [2.05, 4.69) is 41.0 Å². The van der Waals surface area contributed by atoms with Crippen LogP contribution in [0.5, 0.6) is 0 Å². The Morgan fingerprint density at radius 2 is 1.08 bits per heavy atom. The van der Waals surface area contributed by atoms with Crippen molar-refractivity contribution < 1.29 is 27.2 Å². The van der Waals surface area contributed by atoms with Gasteiger partial charge in [0.15, 0.2) is 11.6 Å². The molecule has 4 aromatic rings. The van der Waals surface area contributed by atoms with Crippen LogP contribution in [0, 0.1) is 0 Å². The van der Waals surface area contributed by atoms with Crippen molar-refractivity contribution >= 4 is 35.1 Å². The van der Waals surface area contributed by atoms with Crippen molar-refractivity contribution in [3.63, 3.8) is 0 Å². The number of alkyl halides is 4. The highest BCUT2D eigenvalue weighted by molar-refractivity contribution is 5.91. The number of carbonyl (C=O) groups is 2. The minimum absolute atomic E-state index is 0.0367.